The van der Waals surface area contributed by atoms with Crippen molar-refractivity contribution in [3.8, 4) is 0 Å². The van der Waals surface area contributed by atoms with E-state index in [2.05, 4.69) is 19.0 Å². The Morgan fingerprint density at radius 3 is 2.75 bits per heavy atom. The normalized spacial score (nSPS) is 12.9. The van der Waals surface area contributed by atoms with Crippen LogP contribution in [-0.4, -0.2) is 5.16 Å². The van der Waals surface area contributed by atoms with Crippen molar-refractivity contribution in [2.45, 2.75) is 64.8 Å². The fraction of sp³-hybridized carbons (Fsp3) is 0.769. The van der Waals surface area contributed by atoms with Gasteiger partial charge in [0, 0.05) is 6.07 Å². The summed E-state index contributed by atoms with van der Waals surface area (Å²) in [5, 5.41) is 4.06. The van der Waals surface area contributed by atoms with Gasteiger partial charge in [-0.15, -0.1) is 0 Å². The van der Waals surface area contributed by atoms with E-state index in [4.69, 9.17) is 10.3 Å². The second-order valence-corrected chi connectivity index (χ2v) is 4.43. The zero-order chi connectivity index (χ0) is 11.8. The molecule has 1 aromatic rings. The van der Waals surface area contributed by atoms with Crippen LogP contribution < -0.4 is 5.73 Å². The van der Waals surface area contributed by atoms with Crippen molar-refractivity contribution in [2.75, 3.05) is 0 Å². The van der Waals surface area contributed by atoms with Crippen molar-refractivity contribution in [1.29, 1.82) is 0 Å². The molecule has 1 aromatic heterocycles. The Hall–Kier alpha value is -0.830. The van der Waals surface area contributed by atoms with Crippen LogP contribution in [0.15, 0.2) is 10.6 Å². The quantitative estimate of drug-likeness (QED) is 0.686. The van der Waals surface area contributed by atoms with Crippen molar-refractivity contribution in [2.24, 2.45) is 5.73 Å². The van der Waals surface area contributed by atoms with Crippen LogP contribution >= 0.6 is 0 Å². The van der Waals surface area contributed by atoms with Gasteiger partial charge in [0.2, 0.25) is 0 Å². The topological polar surface area (TPSA) is 52.0 Å². The first kappa shape index (κ1) is 13.2. The summed E-state index contributed by atoms with van der Waals surface area (Å²) in [4.78, 5) is 0. The number of nitrogens with zero attached hydrogens (tertiary/aromatic N) is 1. The number of rotatable bonds is 8. The molecule has 1 rings (SSSR count). The molecule has 0 bridgehead atoms. The highest BCUT2D eigenvalue weighted by Crippen LogP contribution is 2.17. The summed E-state index contributed by atoms with van der Waals surface area (Å²) < 4.78 is 5.26. The molecule has 0 spiro atoms. The summed E-state index contributed by atoms with van der Waals surface area (Å²) in [6.07, 6.45) is 8.11. The van der Waals surface area contributed by atoms with Gasteiger partial charge < -0.3 is 10.3 Å². The average Bonchev–Trinajstić information content (AvgIpc) is 2.73. The molecule has 0 radical (unpaired) electrons. The van der Waals surface area contributed by atoms with E-state index in [1.165, 1.54) is 25.7 Å². The number of hydrogen-bond donors (Lipinski definition) is 1. The first-order chi connectivity index (χ1) is 7.77. The molecule has 92 valence electrons. The fourth-order valence-corrected chi connectivity index (χ4v) is 1.81. The number of nitrogens with two attached hydrogens (primary N) is 1. The van der Waals surface area contributed by atoms with Crippen molar-refractivity contribution in [3.05, 3.63) is 17.5 Å². The van der Waals surface area contributed by atoms with E-state index in [1.54, 1.807) is 0 Å². The van der Waals surface area contributed by atoms with Gasteiger partial charge in [0.05, 0.1) is 11.7 Å². The molecule has 16 heavy (non-hydrogen) atoms. The van der Waals surface area contributed by atoms with Crippen molar-refractivity contribution < 1.29 is 4.52 Å². The Labute approximate surface area is 98.4 Å². The lowest BCUT2D eigenvalue weighted by atomic mass is 10.1. The van der Waals surface area contributed by atoms with Crippen LogP contribution in [0.5, 0.6) is 0 Å². The first-order valence-corrected chi connectivity index (χ1v) is 6.49. The van der Waals surface area contributed by atoms with Gasteiger partial charge in [-0.1, -0.05) is 44.7 Å². The molecule has 0 saturated carbocycles. The fourth-order valence-electron chi connectivity index (χ4n) is 1.81. The molecule has 1 atom stereocenters. The van der Waals surface area contributed by atoms with Gasteiger partial charge >= 0.3 is 0 Å². The van der Waals surface area contributed by atoms with Crippen LogP contribution in [0.1, 0.15) is 69.9 Å². The predicted molar refractivity (Wildman–Crippen MR) is 66.2 cm³/mol. The standard InChI is InChI=1S/C13H24N2O/c1-3-5-6-7-9-11-10-13(16-15-11)12(14)8-4-2/h10,12H,3-9,14H2,1-2H3. The summed E-state index contributed by atoms with van der Waals surface area (Å²) in [6, 6.07) is 2.04. The third kappa shape index (κ3) is 4.35. The van der Waals surface area contributed by atoms with Crippen LogP contribution in [0.2, 0.25) is 0 Å². The lowest BCUT2D eigenvalue weighted by Crippen LogP contribution is -2.08. The second kappa shape index (κ2) is 7.44. The van der Waals surface area contributed by atoms with Crippen LogP contribution in [0.25, 0.3) is 0 Å². The minimum atomic E-state index is 0.0156. The second-order valence-electron chi connectivity index (χ2n) is 4.43. The minimum Gasteiger partial charge on any atom is -0.359 e. The van der Waals surface area contributed by atoms with E-state index < -0.39 is 0 Å². The highest BCUT2D eigenvalue weighted by atomic mass is 16.5. The van der Waals surface area contributed by atoms with Crippen molar-refractivity contribution >= 4 is 0 Å². The maximum atomic E-state index is 5.96. The zero-order valence-corrected chi connectivity index (χ0v) is 10.5. The molecule has 0 fully saturated rings. The smallest absolute Gasteiger partial charge is 0.153 e. The van der Waals surface area contributed by atoms with E-state index in [1.807, 2.05) is 6.07 Å². The number of hydrogen-bond acceptors (Lipinski definition) is 3. The molecule has 0 amide bonds. The van der Waals surface area contributed by atoms with Gasteiger partial charge in [-0.3, -0.25) is 0 Å². The van der Waals surface area contributed by atoms with Crippen LogP contribution in [0.4, 0.5) is 0 Å². The molecule has 0 aliphatic heterocycles. The van der Waals surface area contributed by atoms with E-state index in [0.717, 1.165) is 30.7 Å². The van der Waals surface area contributed by atoms with Crippen LogP contribution in [-0.2, 0) is 6.42 Å². The monoisotopic (exact) mass is 224 g/mol. The van der Waals surface area contributed by atoms with Crippen molar-refractivity contribution in [1.82, 2.24) is 5.16 Å². The molecule has 1 heterocycles. The van der Waals surface area contributed by atoms with Gasteiger partial charge in [0.25, 0.3) is 0 Å². The van der Waals surface area contributed by atoms with E-state index in [0.29, 0.717) is 0 Å². The maximum Gasteiger partial charge on any atom is 0.153 e. The van der Waals surface area contributed by atoms with Crippen molar-refractivity contribution in [3.63, 3.8) is 0 Å². The summed E-state index contributed by atoms with van der Waals surface area (Å²) >= 11 is 0. The summed E-state index contributed by atoms with van der Waals surface area (Å²) in [5.74, 6) is 0.840. The Morgan fingerprint density at radius 2 is 2.06 bits per heavy atom. The number of aryl methyl sites for hydroxylation is 1. The van der Waals surface area contributed by atoms with Gasteiger partial charge in [-0.2, -0.15) is 0 Å². The highest BCUT2D eigenvalue weighted by Gasteiger charge is 2.11. The molecular weight excluding hydrogens is 200 g/mol. The Morgan fingerprint density at radius 1 is 1.25 bits per heavy atom. The molecule has 3 nitrogen and oxygen atoms in total. The summed E-state index contributed by atoms with van der Waals surface area (Å²) in [7, 11) is 0. The number of unbranched alkanes of at least 4 members (excludes halogenated alkanes) is 3. The zero-order valence-electron chi connectivity index (χ0n) is 10.5. The molecular formula is C13H24N2O. The maximum absolute atomic E-state index is 5.96. The Kier molecular flexibility index (Phi) is 6.16. The number of aromatic nitrogens is 1. The third-order valence-electron chi connectivity index (χ3n) is 2.83. The Balaban J connectivity index is 2.33. The Bertz CT molecular complexity index is 283. The molecule has 2 N–H and O–H groups in total. The lowest BCUT2D eigenvalue weighted by Gasteiger charge is -2.03. The third-order valence-corrected chi connectivity index (χ3v) is 2.83. The summed E-state index contributed by atoms with van der Waals surface area (Å²) in [6.45, 7) is 4.35. The minimum absolute atomic E-state index is 0.0156. The molecule has 0 aliphatic carbocycles. The SMILES string of the molecule is CCCCCCc1cc(C(N)CCC)on1. The van der Waals surface area contributed by atoms with Gasteiger partial charge in [-0.25, -0.2) is 0 Å². The van der Waals surface area contributed by atoms with Crippen LogP contribution in [0, 0.1) is 0 Å². The lowest BCUT2D eigenvalue weighted by molar-refractivity contribution is 0.349. The highest BCUT2D eigenvalue weighted by molar-refractivity contribution is 5.08. The molecule has 3 heteroatoms. The molecule has 0 saturated heterocycles. The molecule has 0 aliphatic rings. The molecule has 1 unspecified atom stereocenters. The van der Waals surface area contributed by atoms with Gasteiger partial charge in [-0.05, 0) is 19.3 Å². The largest absolute Gasteiger partial charge is 0.359 e. The average molecular weight is 224 g/mol. The van der Waals surface area contributed by atoms with Gasteiger partial charge in [0.15, 0.2) is 5.76 Å². The van der Waals surface area contributed by atoms with E-state index in [9.17, 15) is 0 Å². The van der Waals surface area contributed by atoms with E-state index in [-0.39, 0.29) is 6.04 Å². The summed E-state index contributed by atoms with van der Waals surface area (Å²) in [5.41, 5.74) is 7.01. The molecule has 0 aromatic carbocycles. The predicted octanol–water partition coefficient (Wildman–Crippen LogP) is 3.60. The first-order valence-electron chi connectivity index (χ1n) is 6.49. The van der Waals surface area contributed by atoms with Gasteiger partial charge in [0.1, 0.15) is 0 Å². The van der Waals surface area contributed by atoms with E-state index >= 15 is 0 Å². The van der Waals surface area contributed by atoms with Crippen LogP contribution in [0.3, 0.4) is 0 Å².